The van der Waals surface area contributed by atoms with E-state index < -0.39 is 0 Å². The average Bonchev–Trinajstić information content (AvgIpc) is 3.15. The Bertz CT molecular complexity index is 775. The Kier molecular flexibility index (Phi) is 4.02. The predicted molar refractivity (Wildman–Crippen MR) is 96.5 cm³/mol. The van der Waals surface area contributed by atoms with Gasteiger partial charge in [0, 0.05) is 28.7 Å². The quantitative estimate of drug-likeness (QED) is 0.818. The largest absolute Gasteiger partial charge is 0.339 e. The highest BCUT2D eigenvalue weighted by molar-refractivity contribution is 6.36. The van der Waals surface area contributed by atoms with Crippen LogP contribution in [0.4, 0.5) is 10.5 Å². The first-order valence-electron chi connectivity index (χ1n) is 8.00. The van der Waals surface area contributed by atoms with Crippen LogP contribution in [0.15, 0.2) is 42.5 Å². The first kappa shape index (κ1) is 15.6. The number of anilines is 1. The molecule has 0 aliphatic carbocycles. The van der Waals surface area contributed by atoms with Gasteiger partial charge in [-0.05, 0) is 30.2 Å². The standard InChI is InChI=1S/C18H17Cl2N3O/c19-15-5-3-6-16(20)14(15)12-21-10-11-23(18(21)24)22-9-8-13-4-1-2-7-17(13)22/h1-7H,8-12H2. The number of urea groups is 1. The fourth-order valence-corrected chi connectivity index (χ4v) is 3.90. The number of halogens is 2. The first-order valence-corrected chi connectivity index (χ1v) is 8.75. The molecule has 1 fully saturated rings. The topological polar surface area (TPSA) is 26.8 Å². The monoisotopic (exact) mass is 361 g/mol. The maximum absolute atomic E-state index is 12.9. The van der Waals surface area contributed by atoms with Crippen molar-refractivity contribution < 1.29 is 4.79 Å². The Morgan fingerprint density at radius 2 is 1.62 bits per heavy atom. The molecule has 0 N–H and O–H groups in total. The fourth-order valence-electron chi connectivity index (χ4n) is 3.39. The van der Waals surface area contributed by atoms with Crippen LogP contribution < -0.4 is 5.01 Å². The second-order valence-electron chi connectivity index (χ2n) is 6.03. The van der Waals surface area contributed by atoms with Crippen molar-refractivity contribution in [2.75, 3.05) is 24.6 Å². The van der Waals surface area contributed by atoms with E-state index in [1.165, 1.54) is 5.56 Å². The molecule has 1 saturated heterocycles. The third kappa shape index (κ3) is 2.60. The summed E-state index contributed by atoms with van der Waals surface area (Å²) in [6.45, 7) is 2.61. The molecule has 4 nitrogen and oxygen atoms in total. The average molecular weight is 362 g/mol. The van der Waals surface area contributed by atoms with Crippen LogP contribution >= 0.6 is 23.2 Å². The summed E-state index contributed by atoms with van der Waals surface area (Å²) in [5.74, 6) is 0. The summed E-state index contributed by atoms with van der Waals surface area (Å²) in [5.41, 5.74) is 3.22. The lowest BCUT2D eigenvalue weighted by molar-refractivity contribution is 0.187. The van der Waals surface area contributed by atoms with E-state index in [-0.39, 0.29) is 6.03 Å². The lowest BCUT2D eigenvalue weighted by atomic mass is 10.2. The molecule has 2 aliphatic heterocycles. The molecule has 0 bridgehead atoms. The van der Waals surface area contributed by atoms with Crippen molar-refractivity contribution in [3.8, 4) is 0 Å². The van der Waals surface area contributed by atoms with E-state index in [4.69, 9.17) is 23.2 Å². The van der Waals surface area contributed by atoms with E-state index in [0.717, 1.165) is 24.2 Å². The molecule has 0 aromatic heterocycles. The maximum atomic E-state index is 12.9. The Morgan fingerprint density at radius 1 is 0.875 bits per heavy atom. The number of carbonyl (C=O) groups excluding carboxylic acids is 1. The van der Waals surface area contributed by atoms with Gasteiger partial charge in [-0.25, -0.2) is 9.80 Å². The molecule has 2 aromatic rings. The van der Waals surface area contributed by atoms with E-state index in [9.17, 15) is 4.79 Å². The van der Waals surface area contributed by atoms with Gasteiger partial charge < -0.3 is 4.90 Å². The molecule has 0 unspecified atom stereocenters. The summed E-state index contributed by atoms with van der Waals surface area (Å²) in [4.78, 5) is 14.7. The van der Waals surface area contributed by atoms with Crippen molar-refractivity contribution >= 4 is 34.9 Å². The molecule has 2 aromatic carbocycles. The van der Waals surface area contributed by atoms with E-state index in [2.05, 4.69) is 17.1 Å². The Balaban J connectivity index is 1.53. The summed E-state index contributed by atoms with van der Waals surface area (Å²) in [6, 6.07) is 13.7. The number of benzene rings is 2. The molecule has 0 radical (unpaired) electrons. The number of carbonyl (C=O) groups is 1. The van der Waals surface area contributed by atoms with Crippen molar-refractivity contribution in [3.63, 3.8) is 0 Å². The molecule has 124 valence electrons. The van der Waals surface area contributed by atoms with Crippen LogP contribution in [0.1, 0.15) is 11.1 Å². The Labute approximate surface area is 151 Å². The van der Waals surface area contributed by atoms with Crippen LogP contribution in [0.3, 0.4) is 0 Å². The lowest BCUT2D eigenvalue weighted by Gasteiger charge is -2.30. The molecular weight excluding hydrogens is 345 g/mol. The van der Waals surface area contributed by atoms with E-state index in [0.29, 0.717) is 29.7 Å². The highest BCUT2D eigenvalue weighted by atomic mass is 35.5. The van der Waals surface area contributed by atoms with E-state index >= 15 is 0 Å². The van der Waals surface area contributed by atoms with Crippen LogP contribution in [-0.4, -0.2) is 35.6 Å². The van der Waals surface area contributed by atoms with Gasteiger partial charge in [0.2, 0.25) is 0 Å². The van der Waals surface area contributed by atoms with Crippen molar-refractivity contribution in [1.82, 2.24) is 9.91 Å². The van der Waals surface area contributed by atoms with Crippen LogP contribution in [0, 0.1) is 0 Å². The third-order valence-corrected chi connectivity index (χ3v) is 5.35. The molecule has 0 atom stereocenters. The predicted octanol–water partition coefficient (Wildman–Crippen LogP) is 4.21. The summed E-state index contributed by atoms with van der Waals surface area (Å²) in [7, 11) is 0. The van der Waals surface area contributed by atoms with Crippen molar-refractivity contribution in [1.29, 1.82) is 0 Å². The molecule has 0 saturated carbocycles. The maximum Gasteiger partial charge on any atom is 0.339 e. The van der Waals surface area contributed by atoms with Crippen LogP contribution in [0.5, 0.6) is 0 Å². The van der Waals surface area contributed by atoms with Gasteiger partial charge in [0.05, 0.1) is 18.8 Å². The van der Waals surface area contributed by atoms with Crippen molar-refractivity contribution in [2.45, 2.75) is 13.0 Å². The summed E-state index contributed by atoms with van der Waals surface area (Å²) < 4.78 is 0. The van der Waals surface area contributed by atoms with Gasteiger partial charge in [0.1, 0.15) is 0 Å². The Hall–Kier alpha value is -1.91. The number of nitrogens with zero attached hydrogens (tertiary/aromatic N) is 3. The zero-order valence-electron chi connectivity index (χ0n) is 13.1. The van der Waals surface area contributed by atoms with Crippen LogP contribution in [0.25, 0.3) is 0 Å². The molecular formula is C18H17Cl2N3O. The highest BCUT2D eigenvalue weighted by Crippen LogP contribution is 2.32. The van der Waals surface area contributed by atoms with Crippen molar-refractivity contribution in [2.24, 2.45) is 0 Å². The number of hydrazine groups is 1. The number of rotatable bonds is 3. The summed E-state index contributed by atoms with van der Waals surface area (Å²) in [5, 5.41) is 5.11. The second kappa shape index (κ2) is 6.19. The SMILES string of the molecule is O=C1N(Cc2c(Cl)cccc2Cl)CCN1N1CCc2ccccc21. The number of hydrogen-bond donors (Lipinski definition) is 0. The second-order valence-corrected chi connectivity index (χ2v) is 6.84. The molecule has 4 rings (SSSR count). The normalized spacial score (nSPS) is 16.9. The highest BCUT2D eigenvalue weighted by Gasteiger charge is 2.35. The van der Waals surface area contributed by atoms with Crippen LogP contribution in [-0.2, 0) is 13.0 Å². The Morgan fingerprint density at radius 3 is 2.42 bits per heavy atom. The van der Waals surface area contributed by atoms with Gasteiger partial charge in [0.25, 0.3) is 0 Å². The van der Waals surface area contributed by atoms with E-state index in [1.54, 1.807) is 17.0 Å². The zero-order valence-corrected chi connectivity index (χ0v) is 14.6. The minimum absolute atomic E-state index is 0.00249. The summed E-state index contributed by atoms with van der Waals surface area (Å²) in [6.07, 6.45) is 0.969. The number of hydrogen-bond acceptors (Lipinski definition) is 2. The molecule has 24 heavy (non-hydrogen) atoms. The minimum Gasteiger partial charge on any atom is -0.317 e. The molecule has 6 heteroatoms. The molecule has 0 spiro atoms. The van der Waals surface area contributed by atoms with Crippen molar-refractivity contribution in [3.05, 3.63) is 63.6 Å². The van der Waals surface area contributed by atoms with Gasteiger partial charge in [-0.2, -0.15) is 0 Å². The number of fused-ring (bicyclic) bond motifs is 1. The lowest BCUT2D eigenvalue weighted by Crippen LogP contribution is -2.44. The minimum atomic E-state index is 0.00249. The number of para-hydroxylation sites is 1. The number of amides is 2. The summed E-state index contributed by atoms with van der Waals surface area (Å²) >= 11 is 12.5. The van der Waals surface area contributed by atoms with Gasteiger partial charge in [-0.1, -0.05) is 47.5 Å². The molecule has 2 heterocycles. The fraction of sp³-hybridized carbons (Fsp3) is 0.278. The zero-order chi connectivity index (χ0) is 16.7. The first-order chi connectivity index (χ1) is 11.6. The molecule has 2 aliphatic rings. The van der Waals surface area contributed by atoms with Gasteiger partial charge in [-0.15, -0.1) is 0 Å². The van der Waals surface area contributed by atoms with Gasteiger partial charge in [-0.3, -0.25) is 5.01 Å². The smallest absolute Gasteiger partial charge is 0.317 e. The van der Waals surface area contributed by atoms with Crippen LogP contribution in [0.2, 0.25) is 10.0 Å². The van der Waals surface area contributed by atoms with E-state index in [1.807, 2.05) is 23.2 Å². The third-order valence-electron chi connectivity index (χ3n) is 4.64. The molecule has 2 amide bonds. The van der Waals surface area contributed by atoms with Gasteiger partial charge >= 0.3 is 6.03 Å². The van der Waals surface area contributed by atoms with Gasteiger partial charge in [0.15, 0.2) is 0 Å².